The minimum atomic E-state index is 0.797. The lowest BCUT2D eigenvalue weighted by atomic mass is 10.3. The lowest BCUT2D eigenvalue weighted by molar-refractivity contribution is 1.18. The Bertz CT molecular complexity index is 451. The van der Waals surface area contributed by atoms with Gasteiger partial charge in [-0.05, 0) is 42.8 Å². The highest BCUT2D eigenvalue weighted by molar-refractivity contribution is 7.99. The van der Waals surface area contributed by atoms with Crippen LogP contribution < -0.4 is 5.73 Å². The average Bonchev–Trinajstić information content (AvgIpc) is 2.25. The Kier molecular flexibility index (Phi) is 2.92. The molecule has 0 radical (unpaired) electrons. The smallest absolute Gasteiger partial charge is 0.0314 e. The summed E-state index contributed by atoms with van der Waals surface area (Å²) in [6, 6.07) is 9.91. The molecule has 0 bridgehead atoms. The maximum absolute atomic E-state index is 5.63. The van der Waals surface area contributed by atoms with E-state index in [1.54, 1.807) is 11.8 Å². The van der Waals surface area contributed by atoms with Crippen LogP contribution in [0.1, 0.15) is 5.56 Å². The standard InChI is InChI=1S/C12H12N2S/c1-9-8-14-7-6-12(9)15-11-4-2-10(13)3-5-11/h2-8H,13H2,1H3. The van der Waals surface area contributed by atoms with Crippen molar-refractivity contribution >= 4 is 17.4 Å². The molecule has 1 heterocycles. The van der Waals surface area contributed by atoms with Crippen molar-refractivity contribution < 1.29 is 0 Å². The molecule has 2 nitrogen and oxygen atoms in total. The van der Waals surface area contributed by atoms with E-state index in [1.807, 2.05) is 42.7 Å². The monoisotopic (exact) mass is 216 g/mol. The minimum absolute atomic E-state index is 0.797. The summed E-state index contributed by atoms with van der Waals surface area (Å²) in [6.45, 7) is 2.06. The number of aromatic nitrogens is 1. The highest BCUT2D eigenvalue weighted by Gasteiger charge is 2.00. The largest absolute Gasteiger partial charge is 0.399 e. The predicted octanol–water partition coefficient (Wildman–Crippen LogP) is 3.12. The Labute approximate surface area is 93.5 Å². The van der Waals surface area contributed by atoms with E-state index in [0.29, 0.717) is 0 Å². The Morgan fingerprint density at radius 1 is 1.13 bits per heavy atom. The molecule has 15 heavy (non-hydrogen) atoms. The van der Waals surface area contributed by atoms with E-state index >= 15 is 0 Å². The topological polar surface area (TPSA) is 38.9 Å². The van der Waals surface area contributed by atoms with E-state index in [9.17, 15) is 0 Å². The van der Waals surface area contributed by atoms with Gasteiger partial charge in [-0.25, -0.2) is 0 Å². The molecule has 0 amide bonds. The van der Waals surface area contributed by atoms with Crippen molar-refractivity contribution in [2.45, 2.75) is 16.7 Å². The van der Waals surface area contributed by atoms with Crippen molar-refractivity contribution in [1.82, 2.24) is 4.98 Å². The predicted molar refractivity (Wildman–Crippen MR) is 64.0 cm³/mol. The van der Waals surface area contributed by atoms with E-state index in [2.05, 4.69) is 11.9 Å². The number of nitrogens with two attached hydrogens (primary N) is 1. The second-order valence-corrected chi connectivity index (χ2v) is 4.43. The number of benzene rings is 1. The summed E-state index contributed by atoms with van der Waals surface area (Å²) in [6.07, 6.45) is 3.69. The number of pyridine rings is 1. The van der Waals surface area contributed by atoms with E-state index in [1.165, 1.54) is 15.4 Å². The SMILES string of the molecule is Cc1cnccc1Sc1ccc(N)cc1. The van der Waals surface area contributed by atoms with Gasteiger partial charge in [-0.1, -0.05) is 11.8 Å². The highest BCUT2D eigenvalue weighted by atomic mass is 32.2. The number of nitrogens with zero attached hydrogens (tertiary/aromatic N) is 1. The van der Waals surface area contributed by atoms with Crippen LogP contribution in [-0.2, 0) is 0 Å². The van der Waals surface area contributed by atoms with Crippen LogP contribution in [0.15, 0.2) is 52.5 Å². The van der Waals surface area contributed by atoms with Gasteiger partial charge in [0.25, 0.3) is 0 Å². The van der Waals surface area contributed by atoms with Gasteiger partial charge in [0.2, 0.25) is 0 Å². The number of nitrogen functional groups attached to an aromatic ring is 1. The molecule has 0 spiro atoms. The first-order valence-corrected chi connectivity index (χ1v) is 5.51. The fraction of sp³-hybridized carbons (Fsp3) is 0.0833. The molecular formula is C12H12N2S. The number of aryl methyl sites for hydroxylation is 1. The zero-order valence-corrected chi connectivity index (χ0v) is 9.29. The maximum atomic E-state index is 5.63. The molecule has 0 atom stereocenters. The summed E-state index contributed by atoms with van der Waals surface area (Å²) >= 11 is 1.73. The Balaban J connectivity index is 2.22. The summed E-state index contributed by atoms with van der Waals surface area (Å²) < 4.78 is 0. The summed E-state index contributed by atoms with van der Waals surface area (Å²) in [5, 5.41) is 0. The van der Waals surface area contributed by atoms with E-state index < -0.39 is 0 Å². The summed E-state index contributed by atoms with van der Waals surface area (Å²) in [4.78, 5) is 6.49. The maximum Gasteiger partial charge on any atom is 0.0314 e. The van der Waals surface area contributed by atoms with E-state index in [-0.39, 0.29) is 0 Å². The minimum Gasteiger partial charge on any atom is -0.399 e. The molecule has 0 aliphatic carbocycles. The zero-order chi connectivity index (χ0) is 10.7. The molecule has 3 heteroatoms. The van der Waals surface area contributed by atoms with Crippen molar-refractivity contribution in [2.75, 3.05) is 5.73 Å². The molecule has 0 aliphatic heterocycles. The lowest BCUT2D eigenvalue weighted by Gasteiger charge is -2.04. The first kappa shape index (κ1) is 10.1. The summed E-state index contributed by atoms with van der Waals surface area (Å²) in [7, 11) is 0. The Hall–Kier alpha value is -1.48. The number of hydrogen-bond acceptors (Lipinski definition) is 3. The molecule has 0 fully saturated rings. The zero-order valence-electron chi connectivity index (χ0n) is 8.47. The molecule has 1 aromatic carbocycles. The third-order valence-corrected chi connectivity index (χ3v) is 3.26. The number of rotatable bonds is 2. The van der Waals surface area contributed by atoms with Crippen LogP contribution in [0, 0.1) is 6.92 Å². The van der Waals surface area contributed by atoms with Crippen LogP contribution in [0.25, 0.3) is 0 Å². The van der Waals surface area contributed by atoms with Gasteiger partial charge in [0.1, 0.15) is 0 Å². The molecule has 1 aromatic heterocycles. The van der Waals surface area contributed by atoms with Gasteiger partial charge in [-0.15, -0.1) is 0 Å². The van der Waals surface area contributed by atoms with Crippen molar-refractivity contribution in [2.24, 2.45) is 0 Å². The Morgan fingerprint density at radius 2 is 1.87 bits per heavy atom. The fourth-order valence-corrected chi connectivity index (χ4v) is 2.11. The van der Waals surface area contributed by atoms with Gasteiger partial charge in [0, 0.05) is 27.9 Å². The molecule has 0 saturated carbocycles. The molecule has 0 unspecified atom stereocenters. The van der Waals surface area contributed by atoms with Crippen LogP contribution >= 0.6 is 11.8 Å². The van der Waals surface area contributed by atoms with Crippen LogP contribution in [0.5, 0.6) is 0 Å². The first-order valence-electron chi connectivity index (χ1n) is 4.70. The van der Waals surface area contributed by atoms with Crippen molar-refractivity contribution in [1.29, 1.82) is 0 Å². The summed E-state index contributed by atoms with van der Waals surface area (Å²) in [5.74, 6) is 0. The third-order valence-electron chi connectivity index (χ3n) is 2.08. The molecule has 0 saturated heterocycles. The quantitative estimate of drug-likeness (QED) is 0.784. The molecule has 2 rings (SSSR count). The van der Waals surface area contributed by atoms with Gasteiger partial charge in [-0.3, -0.25) is 4.98 Å². The van der Waals surface area contributed by atoms with E-state index in [0.717, 1.165) is 5.69 Å². The lowest BCUT2D eigenvalue weighted by Crippen LogP contribution is -1.84. The first-order chi connectivity index (χ1) is 7.25. The number of anilines is 1. The van der Waals surface area contributed by atoms with Crippen LogP contribution in [-0.4, -0.2) is 4.98 Å². The van der Waals surface area contributed by atoms with E-state index in [4.69, 9.17) is 5.73 Å². The number of hydrogen-bond donors (Lipinski definition) is 1. The third kappa shape index (κ3) is 2.50. The average molecular weight is 216 g/mol. The summed E-state index contributed by atoms with van der Waals surface area (Å²) in [5.41, 5.74) is 7.62. The second kappa shape index (κ2) is 4.36. The van der Waals surface area contributed by atoms with Crippen molar-refractivity contribution in [3.63, 3.8) is 0 Å². The van der Waals surface area contributed by atoms with Crippen LogP contribution in [0.3, 0.4) is 0 Å². The van der Waals surface area contributed by atoms with Crippen LogP contribution in [0.4, 0.5) is 5.69 Å². The van der Waals surface area contributed by atoms with Gasteiger partial charge in [0.15, 0.2) is 0 Å². The molecule has 2 aromatic rings. The molecule has 2 N–H and O–H groups in total. The van der Waals surface area contributed by atoms with Gasteiger partial charge < -0.3 is 5.73 Å². The normalized spacial score (nSPS) is 10.2. The van der Waals surface area contributed by atoms with Gasteiger partial charge in [-0.2, -0.15) is 0 Å². The molecule has 76 valence electrons. The van der Waals surface area contributed by atoms with Gasteiger partial charge in [0.05, 0.1) is 0 Å². The molecule has 0 aliphatic rings. The second-order valence-electron chi connectivity index (χ2n) is 3.31. The fourth-order valence-electron chi connectivity index (χ4n) is 1.24. The van der Waals surface area contributed by atoms with Crippen LogP contribution in [0.2, 0.25) is 0 Å². The Morgan fingerprint density at radius 3 is 2.53 bits per heavy atom. The van der Waals surface area contributed by atoms with Crippen molar-refractivity contribution in [3.8, 4) is 0 Å². The molecular weight excluding hydrogens is 204 g/mol. The van der Waals surface area contributed by atoms with Gasteiger partial charge >= 0.3 is 0 Å². The highest BCUT2D eigenvalue weighted by Crippen LogP contribution is 2.29. The van der Waals surface area contributed by atoms with Crippen molar-refractivity contribution in [3.05, 3.63) is 48.3 Å².